The molecule has 0 saturated carbocycles. The molecule has 0 amide bonds. The van der Waals surface area contributed by atoms with Crippen molar-refractivity contribution in [3.63, 3.8) is 0 Å². The van der Waals surface area contributed by atoms with Crippen LogP contribution in [0, 0.1) is 3.57 Å². The van der Waals surface area contributed by atoms with E-state index in [-0.39, 0.29) is 3.57 Å². The van der Waals surface area contributed by atoms with Gasteiger partial charge in [0.2, 0.25) is 0 Å². The van der Waals surface area contributed by atoms with Crippen LogP contribution in [0.1, 0.15) is 5.56 Å². The lowest BCUT2D eigenvalue weighted by molar-refractivity contribution is -0.399. The van der Waals surface area contributed by atoms with Gasteiger partial charge in [-0.05, 0) is 40.8 Å². The number of hydrogen-bond donors (Lipinski definition) is 1. The van der Waals surface area contributed by atoms with Gasteiger partial charge in [0.05, 0.1) is 5.56 Å². The van der Waals surface area contributed by atoms with E-state index in [1.54, 1.807) is 0 Å². The molecule has 1 aromatic carbocycles. The lowest BCUT2D eigenvalue weighted by Gasteiger charge is -2.34. The molecular weight excluding hydrogens is 432 g/mol. The Morgan fingerprint density at radius 2 is 1.29 bits per heavy atom. The molecule has 0 aliphatic heterocycles. The Balaban J connectivity index is 3.51. The normalized spacial score (nSPS) is 14.4. The van der Waals surface area contributed by atoms with Crippen molar-refractivity contribution in [1.82, 2.24) is 0 Å². The van der Waals surface area contributed by atoms with E-state index in [1.165, 1.54) is 22.6 Å². The molecule has 0 saturated heterocycles. The van der Waals surface area contributed by atoms with E-state index in [0.29, 0.717) is 12.1 Å². The number of rotatable bonds is 3. The largest absolute Gasteiger partial charge is 0.460 e. The average Bonchev–Trinajstić information content (AvgIpc) is 2.30. The topological polar surface area (TPSA) is 26.0 Å². The van der Waals surface area contributed by atoms with Crippen LogP contribution >= 0.6 is 22.6 Å². The van der Waals surface area contributed by atoms with Crippen LogP contribution in [-0.2, 0) is 5.92 Å². The average molecular weight is 437 g/mol. The van der Waals surface area contributed by atoms with Gasteiger partial charge in [0.15, 0.2) is 0 Å². The highest BCUT2D eigenvalue weighted by molar-refractivity contribution is 14.1. The molecule has 0 radical (unpaired) electrons. The predicted octanol–water partition coefficient (Wildman–Crippen LogP) is 4.80. The quantitative estimate of drug-likeness (QED) is 0.411. The summed E-state index contributed by atoms with van der Waals surface area (Å²) >= 11 is 1.38. The van der Waals surface area contributed by atoms with Gasteiger partial charge < -0.3 is 5.73 Å². The fourth-order valence-electron chi connectivity index (χ4n) is 1.34. The van der Waals surface area contributed by atoms with Crippen molar-refractivity contribution in [3.05, 3.63) is 27.3 Å². The van der Waals surface area contributed by atoms with Crippen LogP contribution in [0.3, 0.4) is 0 Å². The first-order chi connectivity index (χ1) is 9.16. The molecular formula is C10H5F9IN. The van der Waals surface area contributed by atoms with Crippen LogP contribution in [0.5, 0.6) is 0 Å². The van der Waals surface area contributed by atoms with Gasteiger partial charge in [-0.3, -0.25) is 0 Å². The zero-order valence-corrected chi connectivity index (χ0v) is 11.7. The van der Waals surface area contributed by atoms with E-state index in [4.69, 9.17) is 5.73 Å². The van der Waals surface area contributed by atoms with E-state index in [9.17, 15) is 39.5 Å². The first-order valence-corrected chi connectivity index (χ1v) is 6.00. The van der Waals surface area contributed by atoms with Crippen LogP contribution < -0.4 is 5.73 Å². The fraction of sp³-hybridized carbons (Fsp3) is 0.400. The summed E-state index contributed by atoms with van der Waals surface area (Å²) in [6.45, 7) is 0. The Hall–Kier alpha value is -0.880. The molecule has 1 rings (SSSR count). The molecule has 0 aliphatic rings. The standard InChI is InChI=1S/C10H5F9IN/c11-7(12,5-3-4(20)1-2-6(5)21)8(13,14)9(15,16)10(17,18)19/h1-3H,21H2. The number of nitrogens with two attached hydrogens (primary N) is 1. The van der Waals surface area contributed by atoms with E-state index in [1.807, 2.05) is 0 Å². The molecule has 0 heterocycles. The van der Waals surface area contributed by atoms with E-state index in [0.717, 1.165) is 6.07 Å². The Morgan fingerprint density at radius 3 is 1.71 bits per heavy atom. The SMILES string of the molecule is Nc1ccc(I)cc1C(F)(F)C(F)(F)C(F)(F)C(F)(F)F. The van der Waals surface area contributed by atoms with Crippen molar-refractivity contribution in [2.24, 2.45) is 0 Å². The van der Waals surface area contributed by atoms with Gasteiger partial charge in [-0.15, -0.1) is 0 Å². The maximum atomic E-state index is 13.6. The Morgan fingerprint density at radius 1 is 0.810 bits per heavy atom. The summed E-state index contributed by atoms with van der Waals surface area (Å²) in [7, 11) is 0. The minimum atomic E-state index is -6.93. The zero-order valence-electron chi connectivity index (χ0n) is 9.59. The molecule has 0 atom stereocenters. The van der Waals surface area contributed by atoms with Crippen molar-refractivity contribution >= 4 is 28.3 Å². The molecule has 1 aromatic rings. The summed E-state index contributed by atoms with van der Waals surface area (Å²) in [6.07, 6.45) is -6.85. The Bertz CT molecular complexity index is 538. The van der Waals surface area contributed by atoms with Crippen molar-refractivity contribution in [2.75, 3.05) is 5.73 Å². The van der Waals surface area contributed by atoms with Crippen molar-refractivity contribution in [3.8, 4) is 0 Å². The third kappa shape index (κ3) is 2.75. The molecule has 21 heavy (non-hydrogen) atoms. The van der Waals surface area contributed by atoms with Gasteiger partial charge >= 0.3 is 23.9 Å². The zero-order chi connectivity index (χ0) is 16.9. The second-order valence-electron chi connectivity index (χ2n) is 3.95. The minimum absolute atomic E-state index is 0.0948. The molecule has 0 bridgehead atoms. The first-order valence-electron chi connectivity index (χ1n) is 4.92. The molecule has 0 fully saturated rings. The molecule has 1 nitrogen and oxygen atoms in total. The molecule has 120 valence electrons. The Kier molecular flexibility index (Phi) is 4.40. The maximum Gasteiger partial charge on any atom is 0.460 e. The number of nitrogen functional groups attached to an aromatic ring is 1. The summed E-state index contributed by atoms with van der Waals surface area (Å²) in [4.78, 5) is 0. The second-order valence-corrected chi connectivity index (χ2v) is 5.20. The highest BCUT2D eigenvalue weighted by Gasteiger charge is 2.82. The number of halogens is 10. The third-order valence-electron chi connectivity index (χ3n) is 2.50. The molecule has 0 spiro atoms. The van der Waals surface area contributed by atoms with Gasteiger partial charge in [0.1, 0.15) is 0 Å². The third-order valence-corrected chi connectivity index (χ3v) is 3.17. The number of alkyl halides is 9. The number of benzene rings is 1. The van der Waals surface area contributed by atoms with Gasteiger partial charge in [-0.2, -0.15) is 39.5 Å². The van der Waals surface area contributed by atoms with Gasteiger partial charge in [-0.25, -0.2) is 0 Å². The smallest absolute Gasteiger partial charge is 0.398 e. The highest BCUT2D eigenvalue weighted by atomic mass is 127. The van der Waals surface area contributed by atoms with Crippen LogP contribution in [0.15, 0.2) is 18.2 Å². The van der Waals surface area contributed by atoms with Crippen LogP contribution in [-0.4, -0.2) is 18.0 Å². The van der Waals surface area contributed by atoms with Gasteiger partial charge in [0, 0.05) is 9.26 Å². The Labute approximate surface area is 125 Å². The van der Waals surface area contributed by atoms with Crippen LogP contribution in [0.25, 0.3) is 0 Å². The van der Waals surface area contributed by atoms with E-state index >= 15 is 0 Å². The lowest BCUT2D eigenvalue weighted by atomic mass is 9.95. The van der Waals surface area contributed by atoms with Crippen LogP contribution in [0.4, 0.5) is 45.2 Å². The number of anilines is 1. The van der Waals surface area contributed by atoms with Gasteiger partial charge in [-0.1, -0.05) is 0 Å². The summed E-state index contributed by atoms with van der Waals surface area (Å²) in [5.41, 5.74) is 2.15. The molecule has 0 aromatic heterocycles. The monoisotopic (exact) mass is 437 g/mol. The maximum absolute atomic E-state index is 13.6. The molecule has 0 unspecified atom stereocenters. The summed E-state index contributed by atoms with van der Waals surface area (Å²) in [5.74, 6) is -19.5. The number of hydrogen-bond acceptors (Lipinski definition) is 1. The predicted molar refractivity (Wildman–Crippen MR) is 63.4 cm³/mol. The minimum Gasteiger partial charge on any atom is -0.398 e. The molecule has 2 N–H and O–H groups in total. The summed E-state index contributed by atoms with van der Waals surface area (Å²) in [5, 5.41) is 0. The highest BCUT2D eigenvalue weighted by Crippen LogP contribution is 2.57. The first kappa shape index (κ1) is 18.2. The van der Waals surface area contributed by atoms with Crippen molar-refractivity contribution in [2.45, 2.75) is 23.9 Å². The van der Waals surface area contributed by atoms with Crippen LogP contribution in [0.2, 0.25) is 0 Å². The second kappa shape index (κ2) is 5.09. The van der Waals surface area contributed by atoms with Crippen molar-refractivity contribution < 1.29 is 39.5 Å². The lowest BCUT2D eigenvalue weighted by Crippen LogP contribution is -2.59. The summed E-state index contributed by atoms with van der Waals surface area (Å²) < 4.78 is 115. The van der Waals surface area contributed by atoms with Crippen molar-refractivity contribution in [1.29, 1.82) is 0 Å². The fourth-order valence-corrected chi connectivity index (χ4v) is 1.84. The molecule has 11 heteroatoms. The van der Waals surface area contributed by atoms with Gasteiger partial charge in [0.25, 0.3) is 0 Å². The summed E-state index contributed by atoms with van der Waals surface area (Å²) in [6, 6.07) is 2.11. The van der Waals surface area contributed by atoms with E-state index in [2.05, 4.69) is 0 Å². The molecule has 0 aliphatic carbocycles. The van der Waals surface area contributed by atoms with E-state index < -0.39 is 35.2 Å².